The first-order valence-electron chi connectivity index (χ1n) is 18.9. The van der Waals surface area contributed by atoms with Crippen LogP contribution in [0.25, 0.3) is 11.4 Å². The van der Waals surface area contributed by atoms with E-state index < -0.39 is 0 Å². The number of fused-ring (bicyclic) bond motifs is 1. The lowest BCUT2D eigenvalue weighted by molar-refractivity contribution is -0.117. The summed E-state index contributed by atoms with van der Waals surface area (Å²) in [7, 11) is 0. The fraction of sp³-hybridized carbons (Fsp3) is 0.571. The largest absolute Gasteiger partial charge is 0.321 e. The van der Waals surface area contributed by atoms with Crippen LogP contribution in [0.1, 0.15) is 165 Å². The molecule has 2 aromatic rings. The van der Waals surface area contributed by atoms with Gasteiger partial charge in [-0.25, -0.2) is 0 Å². The number of rotatable bonds is 24. The summed E-state index contributed by atoms with van der Waals surface area (Å²) in [4.78, 5) is 26.3. The predicted octanol–water partition coefficient (Wildman–Crippen LogP) is 11.0. The number of hydrogen-bond donors (Lipinski definition) is 2. The molecule has 2 amide bonds. The molecule has 2 N–H and O–H groups in total. The maximum Gasteiger partial charge on any atom is 0.258 e. The van der Waals surface area contributed by atoms with Crippen molar-refractivity contribution in [2.45, 2.75) is 155 Å². The molecule has 0 unspecified atom stereocenters. The Balaban J connectivity index is 1.23. The van der Waals surface area contributed by atoms with Crippen molar-refractivity contribution in [1.29, 1.82) is 0 Å². The van der Waals surface area contributed by atoms with Gasteiger partial charge in [0.1, 0.15) is 0 Å². The molecule has 0 saturated carbocycles. The lowest BCUT2D eigenvalue weighted by Crippen LogP contribution is -2.21. The molecule has 0 spiro atoms. The van der Waals surface area contributed by atoms with Gasteiger partial charge in [-0.1, -0.05) is 178 Å². The van der Waals surface area contributed by atoms with Gasteiger partial charge < -0.3 is 10.6 Å². The van der Waals surface area contributed by atoms with E-state index in [1.165, 1.54) is 140 Å². The highest BCUT2D eigenvalue weighted by Crippen LogP contribution is 2.37. The molecule has 4 nitrogen and oxygen atoms in total. The van der Waals surface area contributed by atoms with E-state index in [0.717, 1.165) is 24.0 Å². The molecule has 0 fully saturated rings. The third-order valence-electron chi connectivity index (χ3n) is 9.80. The Hall–Kier alpha value is -3.14. The van der Waals surface area contributed by atoms with Crippen molar-refractivity contribution in [2.75, 3.05) is 0 Å². The molecule has 0 aliphatic carbocycles. The van der Waals surface area contributed by atoms with Crippen molar-refractivity contribution in [3.63, 3.8) is 0 Å². The SMILES string of the molecule is CCCCCCCCCCCCc1ccc(C2=C3C(=O)NC(c4ccc(CCCCCCCCCCCC)cc4)=C3C(=O)N2)cc1. The Bertz CT molecular complexity index is 1180. The number of unbranched alkanes of at least 4 members (excludes halogenated alkanes) is 18. The van der Waals surface area contributed by atoms with Gasteiger partial charge in [-0.05, 0) is 47.9 Å². The van der Waals surface area contributed by atoms with Crippen LogP contribution in [0.15, 0.2) is 59.7 Å². The van der Waals surface area contributed by atoms with Gasteiger partial charge in [0.2, 0.25) is 0 Å². The molecule has 0 radical (unpaired) electrons. The monoisotopic (exact) mass is 624 g/mol. The minimum absolute atomic E-state index is 0.206. The van der Waals surface area contributed by atoms with Crippen LogP contribution in [0, 0.1) is 0 Å². The summed E-state index contributed by atoms with van der Waals surface area (Å²) < 4.78 is 0. The molecular formula is C42H60N2O2. The van der Waals surface area contributed by atoms with E-state index in [2.05, 4.69) is 48.7 Å². The van der Waals surface area contributed by atoms with E-state index in [0.29, 0.717) is 22.5 Å². The van der Waals surface area contributed by atoms with Gasteiger partial charge in [0.15, 0.2) is 0 Å². The highest BCUT2D eigenvalue weighted by molar-refractivity contribution is 6.30. The number of nitrogens with one attached hydrogen (secondary N) is 2. The second kappa shape index (κ2) is 20.2. The van der Waals surface area contributed by atoms with Crippen LogP contribution in [0.5, 0.6) is 0 Å². The molecule has 2 aliphatic heterocycles. The summed E-state index contributed by atoms with van der Waals surface area (Å²) >= 11 is 0. The summed E-state index contributed by atoms with van der Waals surface area (Å²) in [6.45, 7) is 4.54. The molecule has 0 bridgehead atoms. The highest BCUT2D eigenvalue weighted by atomic mass is 16.2. The molecular weight excluding hydrogens is 564 g/mol. The molecule has 0 atom stereocenters. The van der Waals surface area contributed by atoms with Crippen LogP contribution in [0.2, 0.25) is 0 Å². The molecule has 0 aromatic heterocycles. The van der Waals surface area contributed by atoms with Crippen molar-refractivity contribution >= 4 is 23.2 Å². The van der Waals surface area contributed by atoms with Gasteiger partial charge in [-0.15, -0.1) is 0 Å². The fourth-order valence-corrected chi connectivity index (χ4v) is 6.92. The van der Waals surface area contributed by atoms with E-state index in [-0.39, 0.29) is 11.8 Å². The van der Waals surface area contributed by atoms with Crippen molar-refractivity contribution in [1.82, 2.24) is 10.6 Å². The number of amides is 2. The van der Waals surface area contributed by atoms with Gasteiger partial charge in [-0.3, -0.25) is 9.59 Å². The third-order valence-corrected chi connectivity index (χ3v) is 9.80. The summed E-state index contributed by atoms with van der Waals surface area (Å²) in [6, 6.07) is 16.8. The Morgan fingerprint density at radius 1 is 0.391 bits per heavy atom. The summed E-state index contributed by atoms with van der Waals surface area (Å²) in [5, 5.41) is 6.01. The number of carbonyl (C=O) groups is 2. The van der Waals surface area contributed by atoms with Crippen LogP contribution in [0.3, 0.4) is 0 Å². The zero-order valence-electron chi connectivity index (χ0n) is 29.0. The molecule has 250 valence electrons. The van der Waals surface area contributed by atoms with Crippen LogP contribution < -0.4 is 10.6 Å². The Labute approximate surface area is 279 Å². The molecule has 2 aromatic carbocycles. The standard InChI is InChI=1S/C42H60N2O2/c1-3-5-7-9-11-13-15-17-19-21-23-33-25-29-35(30-26-33)39-37-38(42(46)43-39)40(44-41(37)45)36-31-27-34(28-32-36)24-22-20-18-16-14-12-10-8-6-4-2/h25-32H,3-24H2,1-2H3,(H,43,46)(H,44,45). The second-order valence-corrected chi connectivity index (χ2v) is 13.7. The first kappa shape index (κ1) is 35.7. The Morgan fingerprint density at radius 3 is 0.978 bits per heavy atom. The lowest BCUT2D eigenvalue weighted by atomic mass is 9.99. The number of aryl methyl sites for hydroxylation is 2. The van der Waals surface area contributed by atoms with Gasteiger partial charge >= 0.3 is 0 Å². The Morgan fingerprint density at radius 2 is 0.674 bits per heavy atom. The topological polar surface area (TPSA) is 58.2 Å². The lowest BCUT2D eigenvalue weighted by Gasteiger charge is -2.09. The van der Waals surface area contributed by atoms with Gasteiger partial charge in [0, 0.05) is 0 Å². The van der Waals surface area contributed by atoms with Crippen molar-refractivity contribution in [3.05, 3.63) is 81.9 Å². The molecule has 0 saturated heterocycles. The van der Waals surface area contributed by atoms with Crippen LogP contribution in [-0.4, -0.2) is 11.8 Å². The zero-order valence-corrected chi connectivity index (χ0v) is 29.0. The van der Waals surface area contributed by atoms with Crippen LogP contribution in [-0.2, 0) is 22.4 Å². The Kier molecular flexibility index (Phi) is 15.7. The van der Waals surface area contributed by atoms with Gasteiger partial charge in [-0.2, -0.15) is 0 Å². The van der Waals surface area contributed by atoms with Gasteiger partial charge in [0.25, 0.3) is 11.8 Å². The predicted molar refractivity (Wildman–Crippen MR) is 194 cm³/mol. The second-order valence-electron chi connectivity index (χ2n) is 13.7. The van der Waals surface area contributed by atoms with E-state index in [1.54, 1.807) is 0 Å². The van der Waals surface area contributed by atoms with E-state index >= 15 is 0 Å². The maximum absolute atomic E-state index is 13.1. The highest BCUT2D eigenvalue weighted by Gasteiger charge is 2.40. The molecule has 46 heavy (non-hydrogen) atoms. The van der Waals surface area contributed by atoms with Crippen molar-refractivity contribution in [2.24, 2.45) is 0 Å². The normalized spacial score (nSPS) is 14.3. The quantitative estimate of drug-likeness (QED) is 0.114. The summed E-state index contributed by atoms with van der Waals surface area (Å²) in [6.07, 6.45) is 28.9. The minimum atomic E-state index is -0.206. The number of hydrogen-bond acceptors (Lipinski definition) is 2. The van der Waals surface area contributed by atoms with E-state index in [9.17, 15) is 9.59 Å². The van der Waals surface area contributed by atoms with Crippen LogP contribution in [0.4, 0.5) is 0 Å². The smallest absolute Gasteiger partial charge is 0.258 e. The van der Waals surface area contributed by atoms with Crippen molar-refractivity contribution in [3.8, 4) is 0 Å². The number of benzene rings is 2. The average molecular weight is 625 g/mol. The molecule has 4 heteroatoms. The van der Waals surface area contributed by atoms with E-state index in [1.807, 2.05) is 24.3 Å². The molecule has 4 rings (SSSR count). The van der Waals surface area contributed by atoms with Gasteiger partial charge in [0.05, 0.1) is 22.5 Å². The first-order valence-corrected chi connectivity index (χ1v) is 18.9. The fourth-order valence-electron chi connectivity index (χ4n) is 6.92. The minimum Gasteiger partial charge on any atom is -0.321 e. The average Bonchev–Trinajstić information content (AvgIpc) is 3.60. The van der Waals surface area contributed by atoms with E-state index in [4.69, 9.17) is 0 Å². The maximum atomic E-state index is 13.1. The summed E-state index contributed by atoms with van der Waals surface area (Å²) in [5.41, 5.74) is 6.56. The third kappa shape index (κ3) is 11.0. The van der Waals surface area contributed by atoms with Crippen molar-refractivity contribution < 1.29 is 9.59 Å². The molecule has 2 heterocycles. The number of carbonyl (C=O) groups excluding carboxylic acids is 2. The first-order chi connectivity index (χ1) is 22.6. The summed E-state index contributed by atoms with van der Waals surface area (Å²) in [5.74, 6) is -0.413. The zero-order chi connectivity index (χ0) is 32.4. The molecule has 2 aliphatic rings. The van der Waals surface area contributed by atoms with Crippen LogP contribution >= 0.6 is 0 Å².